The van der Waals surface area contributed by atoms with Gasteiger partial charge in [0.25, 0.3) is 0 Å². The Kier molecular flexibility index (Phi) is 4.24. The highest BCUT2D eigenvalue weighted by molar-refractivity contribution is 6.01. The number of hydrogen-bond acceptors (Lipinski definition) is 4. The van der Waals surface area contributed by atoms with Gasteiger partial charge in [0.05, 0.1) is 19.6 Å². The van der Waals surface area contributed by atoms with Gasteiger partial charge in [-0.1, -0.05) is 6.42 Å². The molecule has 3 aliphatic rings. The van der Waals surface area contributed by atoms with Crippen LogP contribution >= 0.6 is 0 Å². The molecular formula is C18H23N3O3. The number of nitrogens with zero attached hydrogens (tertiary/aromatic N) is 1. The summed E-state index contributed by atoms with van der Waals surface area (Å²) in [6.45, 7) is 2.95. The van der Waals surface area contributed by atoms with Crippen LogP contribution < -0.4 is 10.6 Å². The summed E-state index contributed by atoms with van der Waals surface area (Å²) < 4.78 is 5.54. The quantitative estimate of drug-likeness (QED) is 0.881. The van der Waals surface area contributed by atoms with E-state index in [4.69, 9.17) is 4.74 Å². The number of hydrogen-bond donors (Lipinski definition) is 2. The first-order chi connectivity index (χ1) is 11.7. The largest absolute Gasteiger partial charge is 0.378 e. The smallest absolute Gasteiger partial charge is 0.244 e. The summed E-state index contributed by atoms with van der Waals surface area (Å²) in [5.41, 5.74) is 2.51. The lowest BCUT2D eigenvalue weighted by Crippen LogP contribution is -2.53. The van der Waals surface area contributed by atoms with E-state index in [1.165, 1.54) is 19.3 Å². The Bertz CT molecular complexity index is 657. The molecule has 2 amide bonds. The molecule has 1 atom stereocenters. The van der Waals surface area contributed by atoms with E-state index in [0.29, 0.717) is 19.6 Å². The van der Waals surface area contributed by atoms with Gasteiger partial charge < -0.3 is 15.4 Å². The third kappa shape index (κ3) is 3.16. The maximum Gasteiger partial charge on any atom is 0.244 e. The molecule has 1 saturated heterocycles. The summed E-state index contributed by atoms with van der Waals surface area (Å²) in [5.74, 6) is 0.711. The van der Waals surface area contributed by atoms with Crippen LogP contribution in [0.1, 0.15) is 24.8 Å². The predicted molar refractivity (Wildman–Crippen MR) is 90.9 cm³/mol. The number of fused-ring (bicyclic) bond motifs is 1. The molecule has 0 spiro atoms. The molecule has 1 saturated carbocycles. The van der Waals surface area contributed by atoms with Crippen molar-refractivity contribution in [1.82, 2.24) is 4.90 Å². The molecule has 128 valence electrons. The van der Waals surface area contributed by atoms with Gasteiger partial charge in [0, 0.05) is 24.5 Å². The fourth-order valence-electron chi connectivity index (χ4n) is 3.64. The molecular weight excluding hydrogens is 306 g/mol. The van der Waals surface area contributed by atoms with Gasteiger partial charge in [-0.2, -0.15) is 0 Å². The summed E-state index contributed by atoms with van der Waals surface area (Å²) in [5, 5.41) is 5.80. The van der Waals surface area contributed by atoms with Crippen molar-refractivity contribution in [3.63, 3.8) is 0 Å². The molecule has 6 heteroatoms. The Morgan fingerprint density at radius 2 is 2.25 bits per heavy atom. The van der Waals surface area contributed by atoms with Crippen LogP contribution in [0.15, 0.2) is 18.2 Å². The molecule has 1 aromatic rings. The molecule has 1 aromatic carbocycles. The highest BCUT2D eigenvalue weighted by Gasteiger charge is 2.32. The van der Waals surface area contributed by atoms with Gasteiger partial charge in [-0.25, -0.2) is 0 Å². The van der Waals surface area contributed by atoms with Crippen LogP contribution in [0.2, 0.25) is 0 Å². The van der Waals surface area contributed by atoms with Crippen molar-refractivity contribution < 1.29 is 14.3 Å². The molecule has 0 radical (unpaired) electrons. The standard InChI is InChI=1S/C18H23N3O3/c22-17-9-13-8-14(4-5-15(13)20-17)19-18(23)16-11-24-7-6-21(16)10-12-2-1-3-12/h4-5,8,12,16H,1-3,6-7,9-11H2,(H,19,23)(H,20,22)/t16-/m0/s1. The molecule has 0 unspecified atom stereocenters. The second-order valence-electron chi connectivity index (χ2n) is 6.97. The fourth-order valence-corrected chi connectivity index (χ4v) is 3.64. The van der Waals surface area contributed by atoms with Gasteiger partial charge in [0.1, 0.15) is 6.04 Å². The molecule has 6 nitrogen and oxygen atoms in total. The number of morpholine rings is 1. The number of benzene rings is 1. The fraction of sp³-hybridized carbons (Fsp3) is 0.556. The van der Waals surface area contributed by atoms with Crippen molar-refractivity contribution in [2.45, 2.75) is 31.7 Å². The van der Waals surface area contributed by atoms with Gasteiger partial charge in [-0.05, 0) is 42.5 Å². The van der Waals surface area contributed by atoms with Crippen LogP contribution in [0.3, 0.4) is 0 Å². The number of carbonyl (C=O) groups excluding carboxylic acids is 2. The normalized spacial score (nSPS) is 24.2. The first-order valence-corrected chi connectivity index (χ1v) is 8.74. The van der Waals surface area contributed by atoms with Gasteiger partial charge in [0.2, 0.25) is 11.8 Å². The van der Waals surface area contributed by atoms with E-state index in [1.807, 2.05) is 18.2 Å². The van der Waals surface area contributed by atoms with Crippen LogP contribution in [-0.2, 0) is 20.7 Å². The number of nitrogens with one attached hydrogen (secondary N) is 2. The average Bonchev–Trinajstić information content (AvgIpc) is 2.90. The van der Waals surface area contributed by atoms with E-state index in [1.54, 1.807) is 0 Å². The van der Waals surface area contributed by atoms with E-state index in [0.717, 1.165) is 35.9 Å². The van der Waals surface area contributed by atoms with Crippen molar-refractivity contribution in [2.75, 3.05) is 36.9 Å². The minimum absolute atomic E-state index is 0.000769. The molecule has 2 fully saturated rings. The Labute approximate surface area is 141 Å². The van der Waals surface area contributed by atoms with E-state index in [9.17, 15) is 9.59 Å². The number of rotatable bonds is 4. The molecule has 2 aliphatic heterocycles. The maximum absolute atomic E-state index is 12.7. The third-order valence-electron chi connectivity index (χ3n) is 5.26. The summed E-state index contributed by atoms with van der Waals surface area (Å²) in [6, 6.07) is 5.33. The van der Waals surface area contributed by atoms with Crippen LogP contribution in [0.25, 0.3) is 0 Å². The lowest BCUT2D eigenvalue weighted by molar-refractivity contribution is -0.128. The van der Waals surface area contributed by atoms with Crippen molar-refractivity contribution in [2.24, 2.45) is 5.92 Å². The zero-order chi connectivity index (χ0) is 16.5. The Balaban J connectivity index is 1.42. The van der Waals surface area contributed by atoms with Crippen molar-refractivity contribution in [3.05, 3.63) is 23.8 Å². The number of anilines is 2. The van der Waals surface area contributed by atoms with E-state index in [2.05, 4.69) is 15.5 Å². The maximum atomic E-state index is 12.7. The van der Waals surface area contributed by atoms with E-state index < -0.39 is 0 Å². The zero-order valence-electron chi connectivity index (χ0n) is 13.7. The predicted octanol–water partition coefficient (Wildman–Crippen LogP) is 1.62. The van der Waals surface area contributed by atoms with Crippen LogP contribution in [0, 0.1) is 5.92 Å². The van der Waals surface area contributed by atoms with Gasteiger partial charge in [0.15, 0.2) is 0 Å². The summed E-state index contributed by atoms with van der Waals surface area (Å²) in [4.78, 5) is 26.4. The first-order valence-electron chi connectivity index (χ1n) is 8.74. The minimum Gasteiger partial charge on any atom is -0.378 e. The van der Waals surface area contributed by atoms with E-state index in [-0.39, 0.29) is 17.9 Å². The summed E-state index contributed by atoms with van der Waals surface area (Å²) in [7, 11) is 0. The first kappa shape index (κ1) is 15.6. The second kappa shape index (κ2) is 6.53. The molecule has 2 N–H and O–H groups in total. The Morgan fingerprint density at radius 3 is 3.04 bits per heavy atom. The van der Waals surface area contributed by atoms with Crippen LogP contribution in [0.4, 0.5) is 11.4 Å². The lowest BCUT2D eigenvalue weighted by Gasteiger charge is -2.39. The second-order valence-corrected chi connectivity index (χ2v) is 6.97. The Hall–Kier alpha value is -1.92. The summed E-state index contributed by atoms with van der Waals surface area (Å²) >= 11 is 0. The molecule has 0 aromatic heterocycles. The SMILES string of the molecule is O=C1Cc2cc(NC(=O)[C@@H]3COCCN3CC3CCC3)ccc2N1. The molecule has 24 heavy (non-hydrogen) atoms. The van der Waals surface area contributed by atoms with E-state index >= 15 is 0 Å². The number of amides is 2. The highest BCUT2D eigenvalue weighted by atomic mass is 16.5. The van der Waals surface area contributed by atoms with Crippen LogP contribution in [-0.4, -0.2) is 49.1 Å². The third-order valence-corrected chi connectivity index (χ3v) is 5.26. The minimum atomic E-state index is -0.229. The monoisotopic (exact) mass is 329 g/mol. The lowest BCUT2D eigenvalue weighted by atomic mass is 9.84. The molecule has 4 rings (SSSR count). The number of ether oxygens (including phenoxy) is 1. The Morgan fingerprint density at radius 1 is 1.38 bits per heavy atom. The van der Waals surface area contributed by atoms with Crippen molar-refractivity contribution >= 4 is 23.2 Å². The van der Waals surface area contributed by atoms with Gasteiger partial charge in [-0.15, -0.1) is 0 Å². The van der Waals surface area contributed by atoms with Crippen LogP contribution in [0.5, 0.6) is 0 Å². The van der Waals surface area contributed by atoms with Crippen molar-refractivity contribution in [1.29, 1.82) is 0 Å². The molecule has 1 aliphatic carbocycles. The van der Waals surface area contributed by atoms with Gasteiger partial charge >= 0.3 is 0 Å². The molecule has 0 bridgehead atoms. The van der Waals surface area contributed by atoms with Crippen molar-refractivity contribution in [3.8, 4) is 0 Å². The highest BCUT2D eigenvalue weighted by Crippen LogP contribution is 2.29. The average molecular weight is 329 g/mol. The number of carbonyl (C=O) groups is 2. The molecule has 2 heterocycles. The zero-order valence-corrected chi connectivity index (χ0v) is 13.7. The topological polar surface area (TPSA) is 70.7 Å². The van der Waals surface area contributed by atoms with Gasteiger partial charge in [-0.3, -0.25) is 14.5 Å². The summed E-state index contributed by atoms with van der Waals surface area (Å²) in [6.07, 6.45) is 4.24.